The van der Waals surface area contributed by atoms with Gasteiger partial charge in [0.15, 0.2) is 11.5 Å². The average Bonchev–Trinajstić information content (AvgIpc) is 2.68. The molecule has 0 aliphatic rings. The van der Waals surface area contributed by atoms with E-state index in [4.69, 9.17) is 21.1 Å². The molecule has 0 heterocycles. The zero-order valence-electron chi connectivity index (χ0n) is 15.6. The molecule has 3 rings (SSSR count). The van der Waals surface area contributed by atoms with Gasteiger partial charge in [0, 0.05) is 22.3 Å². The first kappa shape index (κ1) is 20.5. The molecular formula is C22H20BrClFNO2. The minimum atomic E-state index is -0.447. The molecular weight excluding hydrogens is 445 g/mol. The van der Waals surface area contributed by atoms with Gasteiger partial charge in [-0.1, -0.05) is 57.4 Å². The first-order chi connectivity index (χ1) is 13.5. The second kappa shape index (κ2) is 9.30. The van der Waals surface area contributed by atoms with Crippen LogP contribution in [-0.2, 0) is 13.2 Å². The van der Waals surface area contributed by atoms with Crippen LogP contribution in [0.1, 0.15) is 16.7 Å². The highest BCUT2D eigenvalue weighted by molar-refractivity contribution is 9.10. The summed E-state index contributed by atoms with van der Waals surface area (Å²) in [7, 11) is 1.61. The molecule has 0 saturated carbocycles. The first-order valence-corrected chi connectivity index (χ1v) is 9.87. The van der Waals surface area contributed by atoms with Gasteiger partial charge in [0.05, 0.1) is 12.1 Å². The quantitative estimate of drug-likeness (QED) is 0.419. The van der Waals surface area contributed by atoms with E-state index in [-0.39, 0.29) is 5.02 Å². The third-order valence-electron chi connectivity index (χ3n) is 4.24. The number of hydrogen-bond donors (Lipinski definition) is 1. The minimum Gasteiger partial charge on any atom is -0.493 e. The Morgan fingerprint density at radius 3 is 2.64 bits per heavy atom. The summed E-state index contributed by atoms with van der Waals surface area (Å²) in [5.74, 6) is 0.848. The van der Waals surface area contributed by atoms with Crippen LogP contribution in [0.5, 0.6) is 11.5 Å². The summed E-state index contributed by atoms with van der Waals surface area (Å²) in [5.41, 5.74) is 3.86. The van der Waals surface area contributed by atoms with Crippen molar-refractivity contribution in [2.45, 2.75) is 20.1 Å². The lowest BCUT2D eigenvalue weighted by Crippen LogP contribution is -2.06. The van der Waals surface area contributed by atoms with Crippen molar-refractivity contribution in [3.8, 4) is 11.5 Å². The number of halogens is 3. The Morgan fingerprint density at radius 2 is 1.93 bits per heavy atom. The van der Waals surface area contributed by atoms with Gasteiger partial charge in [-0.2, -0.15) is 0 Å². The van der Waals surface area contributed by atoms with Gasteiger partial charge in [0.1, 0.15) is 12.4 Å². The van der Waals surface area contributed by atoms with Crippen LogP contribution in [0.25, 0.3) is 0 Å². The summed E-state index contributed by atoms with van der Waals surface area (Å²) in [4.78, 5) is 0. The topological polar surface area (TPSA) is 30.5 Å². The first-order valence-electron chi connectivity index (χ1n) is 8.70. The van der Waals surface area contributed by atoms with Crippen molar-refractivity contribution in [2.24, 2.45) is 0 Å². The van der Waals surface area contributed by atoms with Crippen molar-refractivity contribution in [3.63, 3.8) is 0 Å². The van der Waals surface area contributed by atoms with E-state index in [1.165, 1.54) is 11.6 Å². The summed E-state index contributed by atoms with van der Waals surface area (Å²) in [6.45, 7) is 2.92. The summed E-state index contributed by atoms with van der Waals surface area (Å²) in [6, 6.07) is 16.5. The lowest BCUT2D eigenvalue weighted by atomic mass is 10.1. The van der Waals surface area contributed by atoms with Gasteiger partial charge in [-0.15, -0.1) is 0 Å². The van der Waals surface area contributed by atoms with Crippen molar-refractivity contribution in [3.05, 3.63) is 86.6 Å². The van der Waals surface area contributed by atoms with Gasteiger partial charge in [-0.05, 0) is 42.8 Å². The normalized spacial score (nSPS) is 10.6. The van der Waals surface area contributed by atoms with Crippen LogP contribution < -0.4 is 14.8 Å². The Bertz CT molecular complexity index is 981. The van der Waals surface area contributed by atoms with E-state index in [1.807, 2.05) is 37.3 Å². The van der Waals surface area contributed by atoms with Crippen LogP contribution in [0, 0.1) is 12.7 Å². The van der Waals surface area contributed by atoms with E-state index in [0.29, 0.717) is 30.3 Å². The number of methoxy groups -OCH3 is 1. The Labute approximate surface area is 177 Å². The minimum absolute atomic E-state index is 0.0747. The molecule has 0 spiro atoms. The fourth-order valence-electron chi connectivity index (χ4n) is 2.82. The average molecular weight is 465 g/mol. The van der Waals surface area contributed by atoms with Crippen LogP contribution in [0.4, 0.5) is 10.1 Å². The molecule has 146 valence electrons. The molecule has 0 fully saturated rings. The highest BCUT2D eigenvalue weighted by Crippen LogP contribution is 2.37. The maximum Gasteiger partial charge on any atom is 0.167 e. The standard InChI is InChI=1S/C22H20BrClFNO2/c1-14-4-3-5-15(10-14)13-28-22-17(18(23)7-9-21(22)27-2)12-26-16-6-8-20(25)19(24)11-16/h3-11,26H,12-13H2,1-2H3. The molecule has 0 radical (unpaired) electrons. The van der Waals surface area contributed by atoms with Gasteiger partial charge in [-0.25, -0.2) is 4.39 Å². The molecule has 1 N–H and O–H groups in total. The molecule has 28 heavy (non-hydrogen) atoms. The third kappa shape index (κ3) is 4.97. The van der Waals surface area contributed by atoms with Gasteiger partial charge in [0.25, 0.3) is 0 Å². The van der Waals surface area contributed by atoms with Crippen molar-refractivity contribution in [1.29, 1.82) is 0 Å². The van der Waals surface area contributed by atoms with Crippen LogP contribution in [0.15, 0.2) is 59.1 Å². The predicted molar refractivity (Wildman–Crippen MR) is 115 cm³/mol. The van der Waals surface area contributed by atoms with Gasteiger partial charge in [0.2, 0.25) is 0 Å². The molecule has 3 aromatic rings. The number of hydrogen-bond acceptors (Lipinski definition) is 3. The summed E-state index contributed by atoms with van der Waals surface area (Å²) < 4.78 is 25.9. The van der Waals surface area contributed by atoms with Crippen molar-refractivity contribution < 1.29 is 13.9 Å². The predicted octanol–water partition coefficient (Wildman–Crippen LogP) is 6.75. The Kier molecular flexibility index (Phi) is 6.81. The highest BCUT2D eigenvalue weighted by atomic mass is 79.9. The van der Waals surface area contributed by atoms with Crippen molar-refractivity contribution in [2.75, 3.05) is 12.4 Å². The fraction of sp³-hybridized carbons (Fsp3) is 0.182. The Hall–Kier alpha value is -2.24. The summed E-state index contributed by atoms with van der Waals surface area (Å²) in [6.07, 6.45) is 0. The van der Waals surface area contributed by atoms with Gasteiger partial charge in [-0.3, -0.25) is 0 Å². The zero-order valence-corrected chi connectivity index (χ0v) is 17.9. The Balaban J connectivity index is 1.83. The second-order valence-corrected chi connectivity index (χ2v) is 7.58. The van der Waals surface area contributed by atoms with Gasteiger partial charge < -0.3 is 14.8 Å². The van der Waals surface area contributed by atoms with E-state index in [9.17, 15) is 4.39 Å². The fourth-order valence-corrected chi connectivity index (χ4v) is 3.45. The molecule has 0 atom stereocenters. The molecule has 3 aromatic carbocycles. The van der Waals surface area contributed by atoms with Crippen LogP contribution >= 0.6 is 27.5 Å². The van der Waals surface area contributed by atoms with E-state index in [2.05, 4.69) is 27.3 Å². The second-order valence-electron chi connectivity index (χ2n) is 6.32. The van der Waals surface area contributed by atoms with Crippen LogP contribution in [-0.4, -0.2) is 7.11 Å². The van der Waals surface area contributed by atoms with Crippen LogP contribution in [0.3, 0.4) is 0 Å². The molecule has 0 aliphatic carbocycles. The largest absolute Gasteiger partial charge is 0.493 e. The third-order valence-corrected chi connectivity index (χ3v) is 5.27. The smallest absolute Gasteiger partial charge is 0.167 e. The SMILES string of the molecule is COc1ccc(Br)c(CNc2ccc(F)c(Cl)c2)c1OCc1cccc(C)c1. The molecule has 3 nitrogen and oxygen atoms in total. The number of anilines is 1. The molecule has 0 aliphatic heterocycles. The lowest BCUT2D eigenvalue weighted by Gasteiger charge is -2.18. The molecule has 0 bridgehead atoms. The number of ether oxygens (including phenoxy) is 2. The van der Waals surface area contributed by atoms with Gasteiger partial charge >= 0.3 is 0 Å². The van der Waals surface area contributed by atoms with E-state index in [1.54, 1.807) is 19.2 Å². The van der Waals surface area contributed by atoms with E-state index in [0.717, 1.165) is 15.6 Å². The molecule has 6 heteroatoms. The lowest BCUT2D eigenvalue weighted by molar-refractivity contribution is 0.281. The maximum atomic E-state index is 13.4. The molecule has 0 saturated heterocycles. The van der Waals surface area contributed by atoms with Crippen LogP contribution in [0.2, 0.25) is 5.02 Å². The highest BCUT2D eigenvalue weighted by Gasteiger charge is 2.15. The number of rotatable bonds is 7. The van der Waals surface area contributed by atoms with E-state index >= 15 is 0 Å². The Morgan fingerprint density at radius 1 is 1.11 bits per heavy atom. The molecule has 0 amide bonds. The van der Waals surface area contributed by atoms with Crippen molar-refractivity contribution in [1.82, 2.24) is 0 Å². The molecule has 0 unspecified atom stereocenters. The number of aryl methyl sites for hydroxylation is 1. The number of benzene rings is 3. The van der Waals surface area contributed by atoms with Crippen molar-refractivity contribution >= 4 is 33.2 Å². The maximum absolute atomic E-state index is 13.4. The monoisotopic (exact) mass is 463 g/mol. The summed E-state index contributed by atoms with van der Waals surface area (Å²) >= 11 is 9.45. The molecule has 0 aromatic heterocycles. The van der Waals surface area contributed by atoms with E-state index < -0.39 is 5.82 Å². The number of nitrogens with one attached hydrogen (secondary N) is 1. The zero-order chi connectivity index (χ0) is 20.1. The summed E-state index contributed by atoms with van der Waals surface area (Å²) in [5, 5.41) is 3.33.